The molecule has 32 heavy (non-hydrogen) atoms. The fraction of sp³-hybridized carbons (Fsp3) is 0.154. The van der Waals surface area contributed by atoms with E-state index in [4.69, 9.17) is 4.98 Å². The Kier molecular flexibility index (Phi) is 7.94. The zero-order chi connectivity index (χ0) is 21.8. The average Bonchev–Trinajstić information content (AvgIpc) is 2.78. The van der Waals surface area contributed by atoms with Crippen molar-refractivity contribution in [1.82, 2.24) is 15.2 Å². The molecule has 0 radical (unpaired) electrons. The molecule has 0 amide bonds. The van der Waals surface area contributed by atoms with Crippen LogP contribution >= 0.6 is 28.7 Å². The summed E-state index contributed by atoms with van der Waals surface area (Å²) in [5, 5.41) is 9.29. The number of carbonyl (C=O) groups excluding carboxylic acids is 1. The zero-order valence-corrected chi connectivity index (χ0v) is 20.7. The minimum Gasteiger partial charge on any atom is -0.293 e. The van der Waals surface area contributed by atoms with Crippen LogP contribution in [-0.2, 0) is 0 Å². The van der Waals surface area contributed by atoms with Crippen molar-refractivity contribution in [2.24, 2.45) is 0 Å². The number of aryl methyl sites for hydroxylation is 3. The van der Waals surface area contributed by atoms with Gasteiger partial charge in [-0.1, -0.05) is 90.1 Å². The summed E-state index contributed by atoms with van der Waals surface area (Å²) in [6.07, 6.45) is 0. The van der Waals surface area contributed by atoms with Crippen LogP contribution in [-0.4, -0.2) is 26.7 Å². The van der Waals surface area contributed by atoms with E-state index < -0.39 is 0 Å². The molecule has 0 aliphatic carbocycles. The lowest BCUT2D eigenvalue weighted by molar-refractivity contribution is 0.102. The lowest BCUT2D eigenvalue weighted by Crippen LogP contribution is -2.09. The molecule has 0 saturated carbocycles. The van der Waals surface area contributed by atoms with Crippen LogP contribution in [0.4, 0.5) is 0 Å². The Bertz CT molecular complexity index is 1210. The van der Waals surface area contributed by atoms with Gasteiger partial charge >= 0.3 is 0 Å². The van der Waals surface area contributed by atoms with Crippen molar-refractivity contribution >= 4 is 34.5 Å². The predicted molar refractivity (Wildman–Crippen MR) is 137 cm³/mol. The van der Waals surface area contributed by atoms with Gasteiger partial charge in [-0.3, -0.25) is 4.79 Å². The molecule has 0 fully saturated rings. The second-order valence-electron chi connectivity index (χ2n) is 7.51. The van der Waals surface area contributed by atoms with Crippen LogP contribution in [0.2, 0.25) is 0 Å². The fourth-order valence-corrected chi connectivity index (χ4v) is 4.44. The number of carbonyl (C=O) groups is 1. The van der Waals surface area contributed by atoms with E-state index >= 15 is 0 Å². The maximum absolute atomic E-state index is 12.9. The lowest BCUT2D eigenvalue weighted by atomic mass is 9.97. The molecule has 0 N–H and O–H groups in total. The quantitative estimate of drug-likeness (QED) is 0.216. The number of thioether (sulfide) groups is 1. The van der Waals surface area contributed by atoms with Gasteiger partial charge in [0.05, 0.1) is 5.75 Å². The monoisotopic (exact) mass is 505 g/mol. The molecule has 0 unspecified atom stereocenters. The molecule has 0 atom stereocenters. The van der Waals surface area contributed by atoms with E-state index in [1.807, 2.05) is 93.6 Å². The Morgan fingerprint density at radius 1 is 0.781 bits per heavy atom. The maximum atomic E-state index is 12.9. The van der Waals surface area contributed by atoms with Crippen LogP contribution in [0.5, 0.6) is 0 Å². The van der Waals surface area contributed by atoms with Crippen LogP contribution < -0.4 is 0 Å². The third kappa shape index (κ3) is 5.31. The Morgan fingerprint density at radius 3 is 1.88 bits per heavy atom. The summed E-state index contributed by atoms with van der Waals surface area (Å²) in [4.78, 5) is 17.7. The minimum absolute atomic E-state index is 0. The summed E-state index contributed by atoms with van der Waals surface area (Å²) in [5.41, 5.74) is 7.38. The van der Waals surface area contributed by atoms with Gasteiger partial charge in [0.2, 0.25) is 5.16 Å². The largest absolute Gasteiger partial charge is 0.293 e. The van der Waals surface area contributed by atoms with Crippen LogP contribution in [0, 0.1) is 20.8 Å². The van der Waals surface area contributed by atoms with Crippen molar-refractivity contribution in [3.8, 4) is 22.5 Å². The van der Waals surface area contributed by atoms with Gasteiger partial charge in [0.25, 0.3) is 0 Å². The van der Waals surface area contributed by atoms with Crippen molar-refractivity contribution < 1.29 is 4.79 Å². The highest BCUT2D eigenvalue weighted by Gasteiger charge is 2.17. The summed E-state index contributed by atoms with van der Waals surface area (Å²) >= 11 is 1.32. The van der Waals surface area contributed by atoms with E-state index in [-0.39, 0.29) is 28.5 Å². The predicted octanol–water partition coefficient (Wildman–Crippen LogP) is 6.68. The molecule has 6 heteroatoms. The Labute approximate surface area is 203 Å². The van der Waals surface area contributed by atoms with Gasteiger partial charge in [-0.2, -0.15) is 0 Å². The van der Waals surface area contributed by atoms with E-state index in [0.717, 1.165) is 44.8 Å². The summed E-state index contributed by atoms with van der Waals surface area (Å²) in [5.74, 6) is 0.350. The molecule has 4 nitrogen and oxygen atoms in total. The first-order valence-electron chi connectivity index (χ1n) is 10.1. The van der Waals surface area contributed by atoms with Gasteiger partial charge in [0.1, 0.15) is 11.4 Å². The molecular formula is C26H24BrN3OS. The number of rotatable bonds is 6. The van der Waals surface area contributed by atoms with Gasteiger partial charge in [0, 0.05) is 16.7 Å². The van der Waals surface area contributed by atoms with Gasteiger partial charge in [0.15, 0.2) is 5.78 Å². The second kappa shape index (κ2) is 10.7. The SMILES string of the molecule is Br.Cc1cc(C)c(C(=O)CSc2nnc(-c3ccccc3)c(-c3ccccc3)n2)c(C)c1. The van der Waals surface area contributed by atoms with Crippen molar-refractivity contribution in [3.05, 3.63) is 95.1 Å². The van der Waals surface area contributed by atoms with Crippen molar-refractivity contribution in [2.45, 2.75) is 25.9 Å². The number of Topliss-reactive ketones (excluding diaryl/α,β-unsaturated/α-hetero) is 1. The summed E-state index contributed by atoms with van der Waals surface area (Å²) in [6, 6.07) is 23.9. The van der Waals surface area contributed by atoms with Crippen molar-refractivity contribution in [2.75, 3.05) is 5.75 Å². The topological polar surface area (TPSA) is 55.7 Å². The van der Waals surface area contributed by atoms with Crippen molar-refractivity contribution in [3.63, 3.8) is 0 Å². The van der Waals surface area contributed by atoms with Gasteiger partial charge in [-0.25, -0.2) is 4.98 Å². The lowest BCUT2D eigenvalue weighted by Gasteiger charge is -2.11. The van der Waals surface area contributed by atoms with Gasteiger partial charge < -0.3 is 0 Å². The molecule has 1 heterocycles. The molecule has 0 bridgehead atoms. The fourth-order valence-electron chi connectivity index (χ4n) is 3.78. The number of hydrogen-bond acceptors (Lipinski definition) is 5. The third-order valence-electron chi connectivity index (χ3n) is 5.05. The van der Waals surface area contributed by atoms with Crippen LogP contribution in [0.15, 0.2) is 78.0 Å². The second-order valence-corrected chi connectivity index (χ2v) is 8.45. The maximum Gasteiger partial charge on any atom is 0.210 e. The molecule has 4 aromatic rings. The summed E-state index contributed by atoms with van der Waals surface area (Å²) < 4.78 is 0. The number of hydrogen-bond donors (Lipinski definition) is 0. The standard InChI is InChI=1S/C26H23N3OS.BrH/c1-17-14-18(2)23(19(3)15-17)22(30)16-31-26-27-24(20-10-6-4-7-11-20)25(28-29-26)21-12-8-5-9-13-21;/h4-15H,16H2,1-3H3;1H. The molecule has 0 aliphatic rings. The molecular weight excluding hydrogens is 482 g/mol. The first-order chi connectivity index (χ1) is 15.0. The minimum atomic E-state index is 0. The Morgan fingerprint density at radius 2 is 1.31 bits per heavy atom. The molecule has 4 rings (SSSR count). The highest BCUT2D eigenvalue weighted by molar-refractivity contribution is 8.93. The van der Waals surface area contributed by atoms with E-state index in [2.05, 4.69) is 10.2 Å². The van der Waals surface area contributed by atoms with E-state index in [1.54, 1.807) is 0 Å². The van der Waals surface area contributed by atoms with Crippen LogP contribution in [0.1, 0.15) is 27.0 Å². The third-order valence-corrected chi connectivity index (χ3v) is 5.89. The first-order valence-corrected chi connectivity index (χ1v) is 11.1. The molecule has 0 aliphatic heterocycles. The molecule has 1 aromatic heterocycles. The van der Waals surface area contributed by atoms with E-state index in [9.17, 15) is 4.79 Å². The number of ketones is 1. The van der Waals surface area contributed by atoms with Gasteiger partial charge in [-0.15, -0.1) is 27.2 Å². The molecule has 3 aromatic carbocycles. The zero-order valence-electron chi connectivity index (χ0n) is 18.2. The molecule has 0 spiro atoms. The summed E-state index contributed by atoms with van der Waals surface area (Å²) in [6.45, 7) is 6.01. The van der Waals surface area contributed by atoms with E-state index in [0.29, 0.717) is 5.16 Å². The highest BCUT2D eigenvalue weighted by Crippen LogP contribution is 2.30. The van der Waals surface area contributed by atoms with E-state index in [1.165, 1.54) is 11.8 Å². The molecule has 162 valence electrons. The number of halogens is 1. The molecule has 0 saturated heterocycles. The summed E-state index contributed by atoms with van der Waals surface area (Å²) in [7, 11) is 0. The number of benzene rings is 3. The first kappa shape index (κ1) is 23.8. The average molecular weight is 506 g/mol. The number of nitrogens with zero attached hydrogens (tertiary/aromatic N) is 3. The Hall–Kier alpha value is -2.83. The highest BCUT2D eigenvalue weighted by atomic mass is 79.9. The van der Waals surface area contributed by atoms with Crippen molar-refractivity contribution in [1.29, 1.82) is 0 Å². The smallest absolute Gasteiger partial charge is 0.210 e. The van der Waals surface area contributed by atoms with Gasteiger partial charge in [-0.05, 0) is 31.9 Å². The van der Waals surface area contributed by atoms with Crippen LogP contribution in [0.3, 0.4) is 0 Å². The normalized spacial score (nSPS) is 10.5. The number of aromatic nitrogens is 3. The Balaban J connectivity index is 0.00000289. The van der Waals surface area contributed by atoms with Crippen LogP contribution in [0.25, 0.3) is 22.5 Å².